The zero-order valence-electron chi connectivity index (χ0n) is 11.2. The Labute approximate surface area is 104 Å². The fourth-order valence-electron chi connectivity index (χ4n) is 2.52. The topological polar surface area (TPSA) is 20.3 Å². The number of hydrogen-bond acceptors (Lipinski definition) is 1. The molecule has 1 aromatic rings. The third-order valence-corrected chi connectivity index (χ3v) is 3.56. The maximum atomic E-state index is 12.2. The van der Waals surface area contributed by atoms with Gasteiger partial charge in [0.25, 0.3) is 0 Å². The first-order chi connectivity index (χ1) is 7.92. The van der Waals surface area contributed by atoms with Crippen molar-refractivity contribution in [2.24, 2.45) is 5.92 Å². The van der Waals surface area contributed by atoms with E-state index in [1.54, 1.807) is 0 Å². The van der Waals surface area contributed by atoms with Gasteiger partial charge in [-0.15, -0.1) is 0 Å². The van der Waals surface area contributed by atoms with Crippen LogP contribution in [0.3, 0.4) is 0 Å². The van der Waals surface area contributed by atoms with E-state index in [4.69, 9.17) is 0 Å². The standard InChI is InChI=1S/C15H21NO/c1-11(2)14(17)16-10-13-8-6-5-7-12(13)9-15(16,3)4/h5-8,11H,9-10H2,1-4H3. The molecule has 0 radical (unpaired) electrons. The SMILES string of the molecule is CC(C)C(=O)N1Cc2ccccc2CC1(C)C. The lowest BCUT2D eigenvalue weighted by molar-refractivity contribution is -0.141. The summed E-state index contributed by atoms with van der Waals surface area (Å²) in [5.74, 6) is 0.323. The minimum Gasteiger partial charge on any atom is -0.333 e. The minimum atomic E-state index is -0.0737. The summed E-state index contributed by atoms with van der Waals surface area (Å²) in [6.07, 6.45) is 0.946. The summed E-state index contributed by atoms with van der Waals surface area (Å²) in [4.78, 5) is 14.3. The Morgan fingerprint density at radius 2 is 1.82 bits per heavy atom. The molecular formula is C15H21NO. The maximum Gasteiger partial charge on any atom is 0.225 e. The molecule has 2 rings (SSSR count). The zero-order chi connectivity index (χ0) is 12.6. The van der Waals surface area contributed by atoms with Crippen LogP contribution in [0.1, 0.15) is 38.8 Å². The van der Waals surface area contributed by atoms with Crippen molar-refractivity contribution in [2.75, 3.05) is 0 Å². The molecule has 0 bridgehead atoms. The highest BCUT2D eigenvalue weighted by Crippen LogP contribution is 2.31. The van der Waals surface area contributed by atoms with E-state index in [0.29, 0.717) is 0 Å². The van der Waals surface area contributed by atoms with Gasteiger partial charge in [0, 0.05) is 18.0 Å². The number of carbonyl (C=O) groups excluding carboxylic acids is 1. The van der Waals surface area contributed by atoms with Crippen LogP contribution < -0.4 is 0 Å². The first kappa shape index (κ1) is 12.2. The summed E-state index contributed by atoms with van der Waals surface area (Å²) >= 11 is 0. The van der Waals surface area contributed by atoms with Gasteiger partial charge in [0.1, 0.15) is 0 Å². The molecule has 2 nitrogen and oxygen atoms in total. The molecule has 0 N–H and O–H groups in total. The summed E-state index contributed by atoms with van der Waals surface area (Å²) in [5.41, 5.74) is 2.60. The lowest BCUT2D eigenvalue weighted by atomic mass is 9.85. The quantitative estimate of drug-likeness (QED) is 0.727. The average Bonchev–Trinajstić information content (AvgIpc) is 2.25. The molecule has 1 aliphatic heterocycles. The van der Waals surface area contributed by atoms with E-state index in [1.165, 1.54) is 11.1 Å². The molecule has 0 saturated heterocycles. The number of hydrogen-bond donors (Lipinski definition) is 0. The van der Waals surface area contributed by atoms with Gasteiger partial charge in [0.15, 0.2) is 0 Å². The van der Waals surface area contributed by atoms with Crippen molar-refractivity contribution in [1.29, 1.82) is 0 Å². The highest BCUT2D eigenvalue weighted by molar-refractivity contribution is 5.79. The molecule has 1 aliphatic rings. The third kappa shape index (κ3) is 2.21. The lowest BCUT2D eigenvalue weighted by Gasteiger charge is -2.44. The van der Waals surface area contributed by atoms with Gasteiger partial charge in [-0.05, 0) is 31.4 Å². The molecule has 92 valence electrons. The Morgan fingerprint density at radius 3 is 2.41 bits per heavy atom. The van der Waals surface area contributed by atoms with E-state index in [0.717, 1.165) is 13.0 Å². The minimum absolute atomic E-state index is 0.0690. The first-order valence-electron chi connectivity index (χ1n) is 6.30. The van der Waals surface area contributed by atoms with Gasteiger partial charge >= 0.3 is 0 Å². The Bertz CT molecular complexity index is 434. The summed E-state index contributed by atoms with van der Waals surface area (Å²) in [6.45, 7) is 9.00. The van der Waals surface area contributed by atoms with Gasteiger partial charge < -0.3 is 4.90 Å². The summed E-state index contributed by atoms with van der Waals surface area (Å²) in [7, 11) is 0. The fourth-order valence-corrected chi connectivity index (χ4v) is 2.52. The van der Waals surface area contributed by atoms with Gasteiger partial charge in [-0.1, -0.05) is 38.1 Å². The monoisotopic (exact) mass is 231 g/mol. The van der Waals surface area contributed by atoms with Crippen LogP contribution >= 0.6 is 0 Å². The number of rotatable bonds is 1. The number of carbonyl (C=O) groups is 1. The summed E-state index contributed by atoms with van der Waals surface area (Å²) in [6, 6.07) is 8.43. The predicted octanol–water partition coefficient (Wildman–Crippen LogP) is 3.01. The van der Waals surface area contributed by atoms with Crippen LogP contribution in [0, 0.1) is 5.92 Å². The number of benzene rings is 1. The molecule has 0 fully saturated rings. The summed E-state index contributed by atoms with van der Waals surface area (Å²) < 4.78 is 0. The van der Waals surface area contributed by atoms with Crippen LogP contribution in [-0.2, 0) is 17.8 Å². The molecular weight excluding hydrogens is 210 g/mol. The van der Waals surface area contributed by atoms with Crippen LogP contribution in [-0.4, -0.2) is 16.3 Å². The Morgan fingerprint density at radius 1 is 1.24 bits per heavy atom. The zero-order valence-corrected chi connectivity index (χ0v) is 11.2. The molecule has 2 heteroatoms. The van der Waals surface area contributed by atoms with E-state index in [-0.39, 0.29) is 17.4 Å². The molecule has 0 saturated carbocycles. The van der Waals surface area contributed by atoms with Crippen molar-refractivity contribution < 1.29 is 4.79 Å². The van der Waals surface area contributed by atoms with E-state index in [2.05, 4.69) is 38.1 Å². The van der Waals surface area contributed by atoms with Crippen LogP contribution in [0.15, 0.2) is 24.3 Å². The predicted molar refractivity (Wildman–Crippen MR) is 69.6 cm³/mol. The molecule has 0 atom stereocenters. The van der Waals surface area contributed by atoms with Crippen molar-refractivity contribution >= 4 is 5.91 Å². The van der Waals surface area contributed by atoms with Gasteiger partial charge in [-0.2, -0.15) is 0 Å². The molecule has 1 aromatic carbocycles. The van der Waals surface area contributed by atoms with Gasteiger partial charge in [-0.3, -0.25) is 4.79 Å². The molecule has 0 aliphatic carbocycles. The van der Waals surface area contributed by atoms with E-state index >= 15 is 0 Å². The van der Waals surface area contributed by atoms with Crippen LogP contribution in [0.4, 0.5) is 0 Å². The van der Waals surface area contributed by atoms with E-state index in [1.807, 2.05) is 18.7 Å². The summed E-state index contributed by atoms with van der Waals surface area (Å²) in [5, 5.41) is 0. The van der Waals surface area contributed by atoms with E-state index in [9.17, 15) is 4.79 Å². The van der Waals surface area contributed by atoms with Gasteiger partial charge in [-0.25, -0.2) is 0 Å². The van der Waals surface area contributed by atoms with Crippen LogP contribution in [0.2, 0.25) is 0 Å². The molecule has 0 aromatic heterocycles. The molecule has 1 amide bonds. The van der Waals surface area contributed by atoms with Crippen molar-refractivity contribution in [3.63, 3.8) is 0 Å². The smallest absolute Gasteiger partial charge is 0.225 e. The van der Waals surface area contributed by atoms with Crippen molar-refractivity contribution in [3.8, 4) is 0 Å². The third-order valence-electron chi connectivity index (χ3n) is 3.56. The first-order valence-corrected chi connectivity index (χ1v) is 6.30. The lowest BCUT2D eigenvalue weighted by Crippen LogP contribution is -2.52. The highest BCUT2D eigenvalue weighted by Gasteiger charge is 2.36. The average molecular weight is 231 g/mol. The molecule has 1 heterocycles. The second-order valence-electron chi connectivity index (χ2n) is 5.84. The number of amides is 1. The maximum absolute atomic E-state index is 12.2. The van der Waals surface area contributed by atoms with Crippen LogP contribution in [0.5, 0.6) is 0 Å². The van der Waals surface area contributed by atoms with Crippen LogP contribution in [0.25, 0.3) is 0 Å². The van der Waals surface area contributed by atoms with Crippen molar-refractivity contribution in [3.05, 3.63) is 35.4 Å². The van der Waals surface area contributed by atoms with Gasteiger partial charge in [0.2, 0.25) is 5.91 Å². The second-order valence-corrected chi connectivity index (χ2v) is 5.84. The molecule has 0 spiro atoms. The number of nitrogens with zero attached hydrogens (tertiary/aromatic N) is 1. The van der Waals surface area contributed by atoms with Crippen molar-refractivity contribution in [1.82, 2.24) is 4.90 Å². The fraction of sp³-hybridized carbons (Fsp3) is 0.533. The van der Waals surface area contributed by atoms with E-state index < -0.39 is 0 Å². The highest BCUT2D eigenvalue weighted by atomic mass is 16.2. The molecule has 17 heavy (non-hydrogen) atoms. The van der Waals surface area contributed by atoms with Gasteiger partial charge in [0.05, 0.1) is 0 Å². The van der Waals surface area contributed by atoms with Crippen molar-refractivity contribution in [2.45, 2.75) is 46.2 Å². The largest absolute Gasteiger partial charge is 0.333 e. The molecule has 0 unspecified atom stereocenters. The normalized spacial score (nSPS) is 18.1. The Hall–Kier alpha value is -1.31. The Kier molecular flexibility index (Phi) is 2.98. The number of fused-ring (bicyclic) bond motifs is 1. The Balaban J connectivity index is 2.35. The second kappa shape index (κ2) is 4.17.